The Bertz CT molecular complexity index is 853. The highest BCUT2D eigenvalue weighted by molar-refractivity contribution is 6.32. The molecule has 3 aromatic rings. The van der Waals surface area contributed by atoms with Crippen molar-refractivity contribution in [2.75, 3.05) is 7.11 Å². The Morgan fingerprint density at radius 2 is 1.59 bits per heavy atom. The summed E-state index contributed by atoms with van der Waals surface area (Å²) < 4.78 is 11.4. The van der Waals surface area contributed by atoms with Gasteiger partial charge in [-0.05, 0) is 35.7 Å². The molecule has 0 aliphatic carbocycles. The van der Waals surface area contributed by atoms with Gasteiger partial charge >= 0.3 is 0 Å². The minimum absolute atomic E-state index is 0.241. The van der Waals surface area contributed by atoms with Crippen LogP contribution < -0.4 is 14.8 Å². The summed E-state index contributed by atoms with van der Waals surface area (Å²) in [5.74, 6) is 1.21. The minimum atomic E-state index is 0.241. The van der Waals surface area contributed by atoms with Gasteiger partial charge in [-0.15, -0.1) is 0 Å². The quantitative estimate of drug-likeness (QED) is 0.536. The van der Waals surface area contributed by atoms with E-state index in [1.807, 2.05) is 60.7 Å². The lowest BCUT2D eigenvalue weighted by Crippen LogP contribution is -2.18. The third-order valence-corrected chi connectivity index (χ3v) is 4.71. The normalized spacial score (nSPS) is 11.8. The predicted octanol–water partition coefficient (Wildman–Crippen LogP) is 5.78. The molecule has 0 radical (unpaired) electrons. The molecular formula is C23H24ClNO2. The van der Waals surface area contributed by atoms with Crippen LogP contribution in [0.4, 0.5) is 0 Å². The Hall–Kier alpha value is -2.49. The lowest BCUT2D eigenvalue weighted by atomic mass is 10.1. The largest absolute Gasteiger partial charge is 0.493 e. The van der Waals surface area contributed by atoms with Crippen molar-refractivity contribution in [1.29, 1.82) is 0 Å². The van der Waals surface area contributed by atoms with E-state index in [0.717, 1.165) is 11.1 Å². The van der Waals surface area contributed by atoms with Crippen LogP contribution in [-0.4, -0.2) is 7.11 Å². The first kappa shape index (κ1) is 19.3. The highest BCUT2D eigenvalue weighted by atomic mass is 35.5. The van der Waals surface area contributed by atoms with E-state index in [0.29, 0.717) is 29.7 Å². The molecule has 0 saturated carbocycles. The van der Waals surface area contributed by atoms with Gasteiger partial charge in [0.2, 0.25) is 0 Å². The van der Waals surface area contributed by atoms with Crippen molar-refractivity contribution in [2.24, 2.45) is 0 Å². The van der Waals surface area contributed by atoms with Gasteiger partial charge in [-0.1, -0.05) is 72.3 Å². The molecule has 0 bridgehead atoms. The highest BCUT2D eigenvalue weighted by Gasteiger charge is 2.13. The van der Waals surface area contributed by atoms with Crippen molar-refractivity contribution in [3.63, 3.8) is 0 Å². The summed E-state index contributed by atoms with van der Waals surface area (Å²) in [5.41, 5.74) is 3.38. The van der Waals surface area contributed by atoms with Gasteiger partial charge in [-0.3, -0.25) is 0 Å². The van der Waals surface area contributed by atoms with E-state index in [1.165, 1.54) is 5.56 Å². The molecule has 140 valence electrons. The molecule has 0 aliphatic rings. The summed E-state index contributed by atoms with van der Waals surface area (Å²) in [6.07, 6.45) is 0. The van der Waals surface area contributed by atoms with Crippen molar-refractivity contribution in [1.82, 2.24) is 5.32 Å². The zero-order chi connectivity index (χ0) is 19.1. The van der Waals surface area contributed by atoms with Crippen LogP contribution in [0, 0.1) is 0 Å². The van der Waals surface area contributed by atoms with Crippen LogP contribution in [0.15, 0.2) is 72.8 Å². The maximum absolute atomic E-state index is 6.48. The number of ether oxygens (including phenoxy) is 2. The van der Waals surface area contributed by atoms with Gasteiger partial charge in [0, 0.05) is 12.6 Å². The number of hydrogen-bond donors (Lipinski definition) is 1. The molecule has 0 aromatic heterocycles. The molecule has 0 fully saturated rings. The second kappa shape index (κ2) is 9.45. The Balaban J connectivity index is 1.68. The number of methoxy groups -OCH3 is 1. The fraction of sp³-hybridized carbons (Fsp3) is 0.217. The molecule has 1 atom stereocenters. The minimum Gasteiger partial charge on any atom is -0.493 e. The molecule has 0 aliphatic heterocycles. The van der Waals surface area contributed by atoms with Crippen molar-refractivity contribution >= 4 is 11.6 Å². The maximum atomic E-state index is 6.48. The van der Waals surface area contributed by atoms with Crippen LogP contribution in [-0.2, 0) is 13.2 Å². The second-order valence-electron chi connectivity index (χ2n) is 6.40. The lowest BCUT2D eigenvalue weighted by molar-refractivity contribution is 0.284. The second-order valence-corrected chi connectivity index (χ2v) is 6.80. The fourth-order valence-electron chi connectivity index (χ4n) is 2.88. The summed E-state index contributed by atoms with van der Waals surface area (Å²) in [6.45, 7) is 3.27. The summed E-state index contributed by atoms with van der Waals surface area (Å²) in [4.78, 5) is 0. The van der Waals surface area contributed by atoms with Gasteiger partial charge in [-0.25, -0.2) is 0 Å². The van der Waals surface area contributed by atoms with Gasteiger partial charge in [-0.2, -0.15) is 0 Å². The Morgan fingerprint density at radius 1 is 0.926 bits per heavy atom. The van der Waals surface area contributed by atoms with E-state index in [4.69, 9.17) is 21.1 Å². The van der Waals surface area contributed by atoms with Crippen molar-refractivity contribution in [2.45, 2.75) is 26.1 Å². The monoisotopic (exact) mass is 381 g/mol. The zero-order valence-corrected chi connectivity index (χ0v) is 16.4. The average Bonchev–Trinajstić information content (AvgIpc) is 2.72. The molecule has 3 nitrogen and oxygen atoms in total. The van der Waals surface area contributed by atoms with E-state index in [2.05, 4.69) is 24.4 Å². The molecular weight excluding hydrogens is 358 g/mol. The van der Waals surface area contributed by atoms with Crippen LogP contribution in [0.2, 0.25) is 5.02 Å². The van der Waals surface area contributed by atoms with E-state index in [1.54, 1.807) is 7.11 Å². The molecule has 0 saturated heterocycles. The number of nitrogens with one attached hydrogen (secondary N) is 1. The summed E-state index contributed by atoms with van der Waals surface area (Å²) in [5, 5.41) is 4.07. The van der Waals surface area contributed by atoms with Gasteiger partial charge in [0.1, 0.15) is 6.61 Å². The number of halogens is 1. The average molecular weight is 382 g/mol. The number of hydrogen-bond acceptors (Lipinski definition) is 3. The van der Waals surface area contributed by atoms with E-state index in [-0.39, 0.29) is 6.04 Å². The van der Waals surface area contributed by atoms with Crippen molar-refractivity contribution < 1.29 is 9.47 Å². The molecule has 0 heterocycles. The van der Waals surface area contributed by atoms with Crippen molar-refractivity contribution in [3.8, 4) is 11.5 Å². The summed E-state index contributed by atoms with van der Waals surface area (Å²) >= 11 is 6.48. The molecule has 27 heavy (non-hydrogen) atoms. The van der Waals surface area contributed by atoms with Crippen LogP contribution >= 0.6 is 11.6 Å². The molecule has 3 rings (SSSR count). The molecule has 4 heteroatoms. The van der Waals surface area contributed by atoms with Gasteiger partial charge in [0.15, 0.2) is 11.5 Å². The topological polar surface area (TPSA) is 30.5 Å². The summed E-state index contributed by atoms with van der Waals surface area (Å²) in [7, 11) is 1.63. The SMILES string of the molecule is COc1cc(CN[C@H](C)c2ccccc2)cc(Cl)c1OCc1ccccc1. The Morgan fingerprint density at radius 3 is 2.26 bits per heavy atom. The number of benzene rings is 3. The smallest absolute Gasteiger partial charge is 0.180 e. The van der Waals surface area contributed by atoms with Crippen LogP contribution in [0.25, 0.3) is 0 Å². The Labute approximate surface area is 165 Å². The van der Waals surface area contributed by atoms with Crippen LogP contribution in [0.3, 0.4) is 0 Å². The predicted molar refractivity (Wildman–Crippen MR) is 110 cm³/mol. The first-order valence-corrected chi connectivity index (χ1v) is 9.36. The maximum Gasteiger partial charge on any atom is 0.180 e. The van der Waals surface area contributed by atoms with Gasteiger partial charge < -0.3 is 14.8 Å². The fourth-order valence-corrected chi connectivity index (χ4v) is 3.16. The van der Waals surface area contributed by atoms with E-state index in [9.17, 15) is 0 Å². The van der Waals surface area contributed by atoms with E-state index >= 15 is 0 Å². The van der Waals surface area contributed by atoms with Crippen molar-refractivity contribution in [3.05, 3.63) is 94.5 Å². The third-order valence-electron chi connectivity index (χ3n) is 4.43. The van der Waals surface area contributed by atoms with Crippen LogP contribution in [0.1, 0.15) is 29.7 Å². The van der Waals surface area contributed by atoms with Crippen LogP contribution in [0.5, 0.6) is 11.5 Å². The Kier molecular flexibility index (Phi) is 6.74. The van der Waals surface area contributed by atoms with E-state index < -0.39 is 0 Å². The molecule has 0 spiro atoms. The first-order valence-electron chi connectivity index (χ1n) is 8.99. The summed E-state index contributed by atoms with van der Waals surface area (Å²) in [6, 6.07) is 24.5. The standard InChI is InChI=1S/C23H24ClNO2/c1-17(20-11-7-4-8-12-20)25-15-19-13-21(24)23(22(14-19)26-2)27-16-18-9-5-3-6-10-18/h3-14,17,25H,15-16H2,1-2H3/t17-/m1/s1. The lowest BCUT2D eigenvalue weighted by Gasteiger charge is -2.17. The molecule has 0 unspecified atom stereocenters. The van der Waals surface area contributed by atoms with Gasteiger partial charge in [0.25, 0.3) is 0 Å². The highest BCUT2D eigenvalue weighted by Crippen LogP contribution is 2.37. The van der Waals surface area contributed by atoms with Gasteiger partial charge in [0.05, 0.1) is 12.1 Å². The molecule has 0 amide bonds. The first-order chi connectivity index (χ1) is 13.2. The zero-order valence-electron chi connectivity index (χ0n) is 15.6. The number of rotatable bonds is 8. The molecule has 1 N–H and O–H groups in total. The molecule has 3 aromatic carbocycles. The third kappa shape index (κ3) is 5.25.